The number of hydrogen-bond acceptors (Lipinski definition) is 7. The number of H-pyrrole nitrogens is 1. The first-order chi connectivity index (χ1) is 11.4. The number of hydrogen-bond donors (Lipinski definition) is 4. The molecule has 1 saturated heterocycles. The third-order valence-electron chi connectivity index (χ3n) is 3.80. The number of nitrogens with one attached hydrogen (secondary N) is 1. The zero-order valence-corrected chi connectivity index (χ0v) is 12.2. The van der Waals surface area contributed by atoms with Crippen molar-refractivity contribution in [2.45, 2.75) is 31.2 Å². The molecule has 0 aromatic carbocycles. The van der Waals surface area contributed by atoms with E-state index in [4.69, 9.17) is 22.0 Å². The Hall–Kier alpha value is -2.68. The molecule has 0 radical (unpaired) electrons. The van der Waals surface area contributed by atoms with Crippen molar-refractivity contribution in [1.29, 1.82) is 0 Å². The van der Waals surface area contributed by atoms with Crippen molar-refractivity contribution in [2.24, 2.45) is 0 Å². The molecule has 2 aromatic heterocycles. The van der Waals surface area contributed by atoms with Gasteiger partial charge in [-0.15, -0.1) is 6.42 Å². The van der Waals surface area contributed by atoms with Gasteiger partial charge in [0.05, 0.1) is 13.2 Å². The number of fused-ring (bicyclic) bond motifs is 1. The zero-order valence-electron chi connectivity index (χ0n) is 12.2. The SMILES string of the molecule is C#CCn1c(=O)n([C@@H]2O[C@H](CO)[C@H](F)[C@H]2O)c2nc(N)[nH]c(=O)c21. The fourth-order valence-electron chi connectivity index (χ4n) is 2.74. The summed E-state index contributed by atoms with van der Waals surface area (Å²) in [4.78, 5) is 30.8. The second kappa shape index (κ2) is 5.75. The van der Waals surface area contributed by atoms with Gasteiger partial charge in [-0.2, -0.15) is 4.98 Å². The third-order valence-corrected chi connectivity index (χ3v) is 3.80. The molecule has 0 amide bonds. The number of nitrogens with zero attached hydrogens (tertiary/aromatic N) is 3. The van der Waals surface area contributed by atoms with E-state index >= 15 is 0 Å². The molecule has 0 unspecified atom stereocenters. The molecular formula is C13H14FN5O5. The highest BCUT2D eigenvalue weighted by Gasteiger charge is 2.46. The van der Waals surface area contributed by atoms with Gasteiger partial charge in [-0.3, -0.25) is 14.3 Å². The van der Waals surface area contributed by atoms with Gasteiger partial charge in [0.1, 0.15) is 12.2 Å². The molecule has 1 aliphatic heterocycles. The van der Waals surface area contributed by atoms with Gasteiger partial charge in [0, 0.05) is 0 Å². The van der Waals surface area contributed by atoms with Gasteiger partial charge in [-0.1, -0.05) is 5.92 Å². The van der Waals surface area contributed by atoms with E-state index in [1.807, 2.05) is 0 Å². The number of aromatic nitrogens is 4. The highest BCUT2D eigenvalue weighted by molar-refractivity contribution is 5.72. The molecule has 10 nitrogen and oxygen atoms in total. The Balaban J connectivity index is 2.30. The van der Waals surface area contributed by atoms with Crippen molar-refractivity contribution in [2.75, 3.05) is 12.3 Å². The summed E-state index contributed by atoms with van der Waals surface area (Å²) >= 11 is 0. The molecule has 1 fully saturated rings. The Labute approximate surface area is 133 Å². The van der Waals surface area contributed by atoms with Gasteiger partial charge in [0.25, 0.3) is 5.56 Å². The second-order valence-corrected chi connectivity index (χ2v) is 5.25. The van der Waals surface area contributed by atoms with Crippen LogP contribution in [0.1, 0.15) is 6.23 Å². The van der Waals surface area contributed by atoms with Crippen LogP contribution in [0.15, 0.2) is 9.59 Å². The van der Waals surface area contributed by atoms with Crippen molar-refractivity contribution in [3.05, 3.63) is 20.8 Å². The topological polar surface area (TPSA) is 148 Å². The minimum absolute atomic E-state index is 0.175. The normalized spacial score (nSPS) is 26.8. The predicted octanol–water partition coefficient (Wildman–Crippen LogP) is -2.31. The molecule has 2 aromatic rings. The van der Waals surface area contributed by atoms with Gasteiger partial charge in [-0.05, 0) is 0 Å². The number of halogens is 1. The lowest BCUT2D eigenvalue weighted by Gasteiger charge is -2.15. The lowest BCUT2D eigenvalue weighted by atomic mass is 10.1. The Morgan fingerprint density at radius 3 is 2.79 bits per heavy atom. The number of alkyl halides is 1. The van der Waals surface area contributed by atoms with E-state index in [2.05, 4.69) is 15.9 Å². The minimum Gasteiger partial charge on any atom is -0.394 e. The quantitative estimate of drug-likeness (QED) is 0.459. The van der Waals surface area contributed by atoms with E-state index in [1.165, 1.54) is 0 Å². The van der Waals surface area contributed by atoms with E-state index in [1.54, 1.807) is 0 Å². The fraction of sp³-hybridized carbons (Fsp3) is 0.462. The van der Waals surface area contributed by atoms with E-state index < -0.39 is 42.5 Å². The fourth-order valence-corrected chi connectivity index (χ4v) is 2.74. The summed E-state index contributed by atoms with van der Waals surface area (Å²) in [5.41, 5.74) is 3.58. The molecular weight excluding hydrogens is 325 g/mol. The van der Waals surface area contributed by atoms with Gasteiger partial charge < -0.3 is 20.7 Å². The highest BCUT2D eigenvalue weighted by Crippen LogP contribution is 2.31. The maximum Gasteiger partial charge on any atom is 0.333 e. The second-order valence-electron chi connectivity index (χ2n) is 5.25. The lowest BCUT2D eigenvalue weighted by Crippen LogP contribution is -2.34. The molecule has 0 aliphatic carbocycles. The van der Waals surface area contributed by atoms with Gasteiger partial charge >= 0.3 is 5.69 Å². The summed E-state index contributed by atoms with van der Waals surface area (Å²) in [7, 11) is 0. The van der Waals surface area contributed by atoms with Crippen molar-refractivity contribution in [1.82, 2.24) is 19.1 Å². The number of nitrogen functional groups attached to an aromatic ring is 1. The molecule has 0 spiro atoms. The average Bonchev–Trinajstić information content (AvgIpc) is 2.96. The third kappa shape index (κ3) is 2.20. The summed E-state index contributed by atoms with van der Waals surface area (Å²) in [6.07, 6.45) is -1.26. The van der Waals surface area contributed by atoms with Crippen LogP contribution in [0, 0.1) is 12.3 Å². The zero-order chi connectivity index (χ0) is 17.6. The van der Waals surface area contributed by atoms with E-state index in [0.29, 0.717) is 0 Å². The Kier molecular flexibility index (Phi) is 3.88. The average molecular weight is 339 g/mol. The number of ether oxygens (including phenoxy) is 1. The summed E-state index contributed by atoms with van der Waals surface area (Å²) in [5.74, 6) is 1.95. The van der Waals surface area contributed by atoms with Crippen LogP contribution in [0.25, 0.3) is 11.2 Å². The first-order valence-corrected chi connectivity index (χ1v) is 6.93. The van der Waals surface area contributed by atoms with E-state index in [0.717, 1.165) is 9.13 Å². The molecule has 5 N–H and O–H groups in total. The maximum absolute atomic E-state index is 14.0. The number of aromatic amines is 1. The van der Waals surface area contributed by atoms with Crippen LogP contribution in [-0.4, -0.2) is 54.3 Å². The monoisotopic (exact) mass is 339 g/mol. The first-order valence-electron chi connectivity index (χ1n) is 6.93. The maximum atomic E-state index is 14.0. The number of rotatable bonds is 3. The van der Waals surface area contributed by atoms with Crippen LogP contribution < -0.4 is 17.0 Å². The van der Waals surface area contributed by atoms with Crippen molar-refractivity contribution in [3.8, 4) is 12.3 Å². The van der Waals surface area contributed by atoms with Gasteiger partial charge in [0.15, 0.2) is 23.6 Å². The number of aliphatic hydroxyl groups is 2. The van der Waals surface area contributed by atoms with Crippen molar-refractivity contribution >= 4 is 17.1 Å². The smallest absolute Gasteiger partial charge is 0.333 e. The van der Waals surface area contributed by atoms with Crippen LogP contribution >= 0.6 is 0 Å². The van der Waals surface area contributed by atoms with E-state index in [9.17, 15) is 19.1 Å². The van der Waals surface area contributed by atoms with Crippen molar-refractivity contribution < 1.29 is 19.3 Å². The summed E-state index contributed by atoms with van der Waals surface area (Å²) in [6.45, 7) is -0.940. The number of aliphatic hydroxyl groups excluding tert-OH is 2. The van der Waals surface area contributed by atoms with E-state index in [-0.39, 0.29) is 23.7 Å². The van der Waals surface area contributed by atoms with Crippen LogP contribution in [0.2, 0.25) is 0 Å². The number of terminal acetylenes is 1. The number of nitrogens with two attached hydrogens (primary N) is 1. The molecule has 1 aliphatic rings. The number of anilines is 1. The molecule has 128 valence electrons. The molecule has 0 bridgehead atoms. The van der Waals surface area contributed by atoms with Crippen LogP contribution in [0.3, 0.4) is 0 Å². The molecule has 0 saturated carbocycles. The van der Waals surface area contributed by atoms with Crippen LogP contribution in [-0.2, 0) is 11.3 Å². The van der Waals surface area contributed by atoms with Crippen molar-refractivity contribution in [3.63, 3.8) is 0 Å². The van der Waals surface area contributed by atoms with Crippen LogP contribution in [0.4, 0.5) is 10.3 Å². The standard InChI is InChI=1S/C13H14FN5O5/c1-2-3-18-7-9(16-12(15)17-10(7)22)19(13(18)23)11-8(21)6(14)5(4-20)24-11/h1,5-6,8,11,20-21H,3-4H2,(H3,15,16,17,22)/t5-,6+,8-,11-/m1/s1. The Bertz CT molecular complexity index is 941. The Morgan fingerprint density at radius 2 is 2.21 bits per heavy atom. The van der Waals surface area contributed by atoms with Gasteiger partial charge in [-0.25, -0.2) is 13.8 Å². The highest BCUT2D eigenvalue weighted by atomic mass is 19.1. The molecule has 3 heterocycles. The summed E-state index contributed by atoms with van der Waals surface area (Å²) < 4.78 is 20.9. The van der Waals surface area contributed by atoms with Gasteiger partial charge in [0.2, 0.25) is 5.95 Å². The molecule has 3 rings (SSSR count). The summed E-state index contributed by atoms with van der Waals surface area (Å²) in [5, 5.41) is 19.1. The van der Waals surface area contributed by atoms with Crippen LogP contribution in [0.5, 0.6) is 0 Å². The molecule has 11 heteroatoms. The molecule has 24 heavy (non-hydrogen) atoms. The predicted molar refractivity (Wildman–Crippen MR) is 79.8 cm³/mol. The minimum atomic E-state index is -1.92. The lowest BCUT2D eigenvalue weighted by molar-refractivity contribution is -0.0513. The Morgan fingerprint density at radius 1 is 1.50 bits per heavy atom. The number of imidazole rings is 1. The summed E-state index contributed by atoms with van der Waals surface area (Å²) in [6, 6.07) is 0. The largest absolute Gasteiger partial charge is 0.394 e. The first kappa shape index (κ1) is 16.2. The molecule has 4 atom stereocenters.